The summed E-state index contributed by atoms with van der Waals surface area (Å²) in [6.07, 6.45) is 2.45. The summed E-state index contributed by atoms with van der Waals surface area (Å²) in [5.74, 6) is 0.808. The number of likely N-dealkylation sites (tertiary alicyclic amines) is 1. The quantitative estimate of drug-likeness (QED) is 0.872. The highest BCUT2D eigenvalue weighted by atomic mass is 35.5. The number of piperidine rings is 1. The van der Waals surface area contributed by atoms with Crippen LogP contribution in [0.2, 0.25) is 0 Å². The van der Waals surface area contributed by atoms with Crippen molar-refractivity contribution in [3.05, 3.63) is 29.8 Å². The summed E-state index contributed by atoms with van der Waals surface area (Å²) in [5.41, 5.74) is 1.08. The molecular weight excluding hydrogens is 286 g/mol. The molecule has 4 nitrogen and oxygen atoms in total. The second-order valence-electron chi connectivity index (χ2n) is 5.08. The zero-order chi connectivity index (χ0) is 13.2. The van der Waals surface area contributed by atoms with E-state index in [1.165, 1.54) is 25.0 Å². The van der Waals surface area contributed by atoms with Crippen LogP contribution >= 0.6 is 12.4 Å². The van der Waals surface area contributed by atoms with E-state index in [2.05, 4.69) is 11.8 Å². The first-order chi connectivity index (χ1) is 8.45. The Balaban J connectivity index is 0.00000180. The van der Waals surface area contributed by atoms with Crippen molar-refractivity contribution in [3.8, 4) is 0 Å². The lowest BCUT2D eigenvalue weighted by Gasteiger charge is -2.30. The fourth-order valence-corrected chi connectivity index (χ4v) is 2.73. The molecule has 2 rings (SSSR count). The van der Waals surface area contributed by atoms with E-state index < -0.39 is 10.1 Å². The third kappa shape index (κ3) is 4.76. The molecule has 0 unspecified atom stereocenters. The number of halogens is 1. The summed E-state index contributed by atoms with van der Waals surface area (Å²) in [5, 5.41) is 0. The monoisotopic (exact) mass is 305 g/mol. The van der Waals surface area contributed by atoms with Gasteiger partial charge in [-0.2, -0.15) is 8.42 Å². The van der Waals surface area contributed by atoms with Gasteiger partial charge in [-0.25, -0.2) is 0 Å². The largest absolute Gasteiger partial charge is 0.299 e. The standard InChI is InChI=1S/C13H19NO3S.ClH/c1-11-6-8-14(9-7-11)10-12-2-4-13(5-3-12)18(15,16)17;/h2-5,11H,6-10H2,1H3,(H,15,16,17);1H. The van der Waals surface area contributed by atoms with Gasteiger partial charge in [-0.15, -0.1) is 12.4 Å². The molecule has 0 bridgehead atoms. The van der Waals surface area contributed by atoms with Gasteiger partial charge in [0.25, 0.3) is 10.1 Å². The van der Waals surface area contributed by atoms with Crippen LogP contribution in [0.5, 0.6) is 0 Å². The van der Waals surface area contributed by atoms with E-state index in [0.29, 0.717) is 0 Å². The van der Waals surface area contributed by atoms with Gasteiger partial charge in [0.1, 0.15) is 0 Å². The molecule has 1 heterocycles. The van der Waals surface area contributed by atoms with Crippen LogP contribution < -0.4 is 0 Å². The normalized spacial score (nSPS) is 18.0. The maximum Gasteiger partial charge on any atom is 0.294 e. The fourth-order valence-electron chi connectivity index (χ4n) is 2.25. The number of benzene rings is 1. The zero-order valence-corrected chi connectivity index (χ0v) is 12.6. The van der Waals surface area contributed by atoms with Crippen molar-refractivity contribution in [2.45, 2.75) is 31.2 Å². The maximum atomic E-state index is 10.9. The first-order valence-corrected chi connectivity index (χ1v) is 7.68. The predicted molar refractivity (Wildman–Crippen MR) is 77.2 cm³/mol. The van der Waals surface area contributed by atoms with Gasteiger partial charge in [0.15, 0.2) is 0 Å². The predicted octanol–water partition coefficient (Wildman–Crippen LogP) is 2.59. The molecule has 0 radical (unpaired) electrons. The lowest BCUT2D eigenvalue weighted by Crippen LogP contribution is -2.32. The summed E-state index contributed by atoms with van der Waals surface area (Å²) in [6, 6.07) is 6.44. The molecule has 0 amide bonds. The molecular formula is C13H20ClNO3S. The molecule has 1 N–H and O–H groups in total. The van der Waals surface area contributed by atoms with Gasteiger partial charge in [-0.05, 0) is 49.5 Å². The number of nitrogens with zero attached hydrogens (tertiary/aromatic N) is 1. The van der Waals surface area contributed by atoms with Crippen LogP contribution in [0, 0.1) is 5.92 Å². The van der Waals surface area contributed by atoms with E-state index in [1.807, 2.05) is 0 Å². The molecule has 0 aromatic heterocycles. The fraction of sp³-hybridized carbons (Fsp3) is 0.538. The molecule has 1 fully saturated rings. The Morgan fingerprint density at radius 2 is 1.74 bits per heavy atom. The number of hydrogen-bond donors (Lipinski definition) is 1. The molecule has 0 aliphatic carbocycles. The van der Waals surface area contributed by atoms with Gasteiger partial charge in [0, 0.05) is 6.54 Å². The molecule has 19 heavy (non-hydrogen) atoms. The summed E-state index contributed by atoms with van der Waals surface area (Å²) < 4.78 is 30.7. The smallest absolute Gasteiger partial charge is 0.294 e. The molecule has 1 aliphatic heterocycles. The Morgan fingerprint density at radius 1 is 1.21 bits per heavy atom. The van der Waals surface area contributed by atoms with Gasteiger partial charge in [-0.3, -0.25) is 9.45 Å². The van der Waals surface area contributed by atoms with Crippen LogP contribution in [0.3, 0.4) is 0 Å². The summed E-state index contributed by atoms with van der Waals surface area (Å²) in [7, 11) is -4.07. The van der Waals surface area contributed by atoms with E-state index in [1.54, 1.807) is 12.1 Å². The van der Waals surface area contributed by atoms with Gasteiger partial charge >= 0.3 is 0 Å². The minimum absolute atomic E-state index is 0. The molecule has 0 saturated carbocycles. The minimum atomic E-state index is -4.07. The Kier molecular flexibility index (Phi) is 5.80. The third-order valence-electron chi connectivity index (χ3n) is 3.50. The van der Waals surface area contributed by atoms with E-state index >= 15 is 0 Å². The lowest BCUT2D eigenvalue weighted by molar-refractivity contribution is 0.185. The Bertz CT molecular complexity index is 493. The average Bonchev–Trinajstić information content (AvgIpc) is 2.32. The van der Waals surface area contributed by atoms with Crippen molar-refractivity contribution in [2.75, 3.05) is 13.1 Å². The van der Waals surface area contributed by atoms with Gasteiger partial charge in [0.05, 0.1) is 4.90 Å². The van der Waals surface area contributed by atoms with Gasteiger partial charge in [-0.1, -0.05) is 19.1 Å². The van der Waals surface area contributed by atoms with Gasteiger partial charge < -0.3 is 0 Å². The second-order valence-corrected chi connectivity index (χ2v) is 6.50. The van der Waals surface area contributed by atoms with E-state index in [9.17, 15) is 8.42 Å². The maximum absolute atomic E-state index is 10.9. The summed E-state index contributed by atoms with van der Waals surface area (Å²) in [4.78, 5) is 2.33. The van der Waals surface area contributed by atoms with Gasteiger partial charge in [0.2, 0.25) is 0 Å². The van der Waals surface area contributed by atoms with Crippen molar-refractivity contribution >= 4 is 22.5 Å². The number of hydrogen-bond acceptors (Lipinski definition) is 3. The highest BCUT2D eigenvalue weighted by Crippen LogP contribution is 2.18. The van der Waals surface area contributed by atoms with E-state index in [0.717, 1.165) is 31.1 Å². The third-order valence-corrected chi connectivity index (χ3v) is 4.37. The molecule has 6 heteroatoms. The minimum Gasteiger partial charge on any atom is -0.299 e. The van der Waals surface area contributed by atoms with Crippen LogP contribution in [0.15, 0.2) is 29.2 Å². The Hall–Kier alpha value is -0.620. The first kappa shape index (κ1) is 16.4. The Morgan fingerprint density at radius 3 is 2.21 bits per heavy atom. The number of rotatable bonds is 3. The van der Waals surface area contributed by atoms with Crippen LogP contribution in [0.25, 0.3) is 0 Å². The van der Waals surface area contributed by atoms with Crippen molar-refractivity contribution < 1.29 is 13.0 Å². The highest BCUT2D eigenvalue weighted by Gasteiger charge is 2.16. The molecule has 108 valence electrons. The molecule has 1 aromatic carbocycles. The Labute approximate surface area is 121 Å². The zero-order valence-electron chi connectivity index (χ0n) is 10.9. The van der Waals surface area contributed by atoms with Crippen LogP contribution in [0.4, 0.5) is 0 Å². The molecule has 1 saturated heterocycles. The van der Waals surface area contributed by atoms with E-state index in [4.69, 9.17) is 4.55 Å². The molecule has 1 aliphatic rings. The summed E-state index contributed by atoms with van der Waals surface area (Å²) in [6.45, 7) is 5.32. The van der Waals surface area contributed by atoms with Crippen molar-refractivity contribution in [3.63, 3.8) is 0 Å². The first-order valence-electron chi connectivity index (χ1n) is 6.24. The van der Waals surface area contributed by atoms with Crippen LogP contribution in [-0.4, -0.2) is 31.0 Å². The SMILES string of the molecule is CC1CCN(Cc2ccc(S(=O)(=O)O)cc2)CC1.Cl. The van der Waals surface area contributed by atoms with Crippen molar-refractivity contribution in [1.82, 2.24) is 4.90 Å². The summed E-state index contributed by atoms with van der Waals surface area (Å²) >= 11 is 0. The van der Waals surface area contributed by atoms with Crippen molar-refractivity contribution in [1.29, 1.82) is 0 Å². The topological polar surface area (TPSA) is 57.6 Å². The van der Waals surface area contributed by atoms with Crippen molar-refractivity contribution in [2.24, 2.45) is 5.92 Å². The molecule has 1 aromatic rings. The lowest BCUT2D eigenvalue weighted by atomic mass is 9.99. The van der Waals surface area contributed by atoms with E-state index in [-0.39, 0.29) is 17.3 Å². The molecule has 0 spiro atoms. The average molecular weight is 306 g/mol. The second kappa shape index (κ2) is 6.70. The van der Waals surface area contributed by atoms with Crippen LogP contribution in [-0.2, 0) is 16.7 Å². The molecule has 0 atom stereocenters. The highest BCUT2D eigenvalue weighted by molar-refractivity contribution is 7.85. The van der Waals surface area contributed by atoms with Crippen LogP contribution in [0.1, 0.15) is 25.3 Å².